The van der Waals surface area contributed by atoms with Crippen molar-refractivity contribution >= 4 is 27.2 Å². The zero-order chi connectivity index (χ0) is 15.6. The van der Waals surface area contributed by atoms with Gasteiger partial charge in [-0.05, 0) is 49.8 Å². The van der Waals surface area contributed by atoms with Crippen molar-refractivity contribution in [2.24, 2.45) is 11.7 Å². The van der Waals surface area contributed by atoms with Gasteiger partial charge in [0.25, 0.3) is 0 Å². The molecule has 0 aliphatic heterocycles. The van der Waals surface area contributed by atoms with E-state index in [2.05, 4.69) is 0 Å². The number of rotatable bonds is 7. The van der Waals surface area contributed by atoms with Gasteiger partial charge in [-0.1, -0.05) is 25.2 Å². The molecule has 2 N–H and O–H groups in total. The highest BCUT2D eigenvalue weighted by molar-refractivity contribution is 7.89. The first-order valence-electron chi connectivity index (χ1n) is 7.27. The van der Waals surface area contributed by atoms with Gasteiger partial charge in [-0.2, -0.15) is 4.31 Å². The molecule has 1 aliphatic carbocycles. The highest BCUT2D eigenvalue weighted by Gasteiger charge is 2.31. The minimum Gasteiger partial charge on any atom is -0.389 e. The molecular formula is C15H22N2O2S2. The molecule has 0 saturated heterocycles. The lowest BCUT2D eigenvalue weighted by Gasteiger charge is -2.22. The summed E-state index contributed by atoms with van der Waals surface area (Å²) in [5.41, 5.74) is 7.15. The van der Waals surface area contributed by atoms with Crippen LogP contribution in [0, 0.1) is 12.8 Å². The van der Waals surface area contributed by atoms with Crippen LogP contribution in [0.3, 0.4) is 0 Å². The molecule has 0 amide bonds. The minimum atomic E-state index is -3.43. The van der Waals surface area contributed by atoms with Gasteiger partial charge < -0.3 is 5.73 Å². The van der Waals surface area contributed by atoms with Crippen LogP contribution in [0.4, 0.5) is 0 Å². The van der Waals surface area contributed by atoms with E-state index in [0.717, 1.165) is 30.4 Å². The van der Waals surface area contributed by atoms with Crippen molar-refractivity contribution in [1.29, 1.82) is 0 Å². The van der Waals surface area contributed by atoms with E-state index in [9.17, 15) is 8.42 Å². The van der Waals surface area contributed by atoms with Crippen molar-refractivity contribution in [3.05, 3.63) is 29.3 Å². The van der Waals surface area contributed by atoms with Crippen LogP contribution < -0.4 is 5.73 Å². The summed E-state index contributed by atoms with van der Waals surface area (Å²) in [5.74, 6) is 0.531. The standard InChI is InChI=1S/C15H22N2O2S2/c1-3-8-17(10-12-4-5-12)21(18,19)13-6-7-14(15(16)20)11(2)9-13/h6-7,9,12H,3-5,8,10H2,1-2H3,(H2,16,20). The molecule has 1 fully saturated rings. The summed E-state index contributed by atoms with van der Waals surface area (Å²) >= 11 is 4.96. The molecule has 1 aromatic carbocycles. The van der Waals surface area contributed by atoms with Gasteiger partial charge >= 0.3 is 0 Å². The smallest absolute Gasteiger partial charge is 0.243 e. The molecule has 1 aromatic rings. The number of hydrogen-bond donors (Lipinski definition) is 1. The Kier molecular flexibility index (Phi) is 5.01. The molecular weight excluding hydrogens is 304 g/mol. The first-order chi connectivity index (χ1) is 9.86. The summed E-state index contributed by atoms with van der Waals surface area (Å²) in [6.07, 6.45) is 3.08. The van der Waals surface area contributed by atoms with E-state index in [1.807, 2.05) is 13.8 Å². The van der Waals surface area contributed by atoms with Crippen LogP contribution in [0.5, 0.6) is 0 Å². The summed E-state index contributed by atoms with van der Waals surface area (Å²) in [6, 6.07) is 4.97. The average molecular weight is 326 g/mol. The molecule has 6 heteroatoms. The molecule has 0 unspecified atom stereocenters. The van der Waals surface area contributed by atoms with E-state index in [4.69, 9.17) is 18.0 Å². The summed E-state index contributed by atoms with van der Waals surface area (Å²) < 4.78 is 27.2. The predicted octanol–water partition coefficient (Wildman–Crippen LogP) is 2.44. The maximum Gasteiger partial charge on any atom is 0.243 e. The fraction of sp³-hybridized carbons (Fsp3) is 0.533. The summed E-state index contributed by atoms with van der Waals surface area (Å²) in [7, 11) is -3.43. The number of thiocarbonyl (C=S) groups is 1. The van der Waals surface area contributed by atoms with Gasteiger partial charge in [0.05, 0.1) is 4.90 Å². The quantitative estimate of drug-likeness (QED) is 0.782. The largest absolute Gasteiger partial charge is 0.389 e. The van der Waals surface area contributed by atoms with Gasteiger partial charge in [-0.15, -0.1) is 0 Å². The maximum absolute atomic E-state index is 12.8. The van der Waals surface area contributed by atoms with Gasteiger partial charge in [-0.3, -0.25) is 0 Å². The number of aryl methyl sites for hydroxylation is 1. The zero-order valence-electron chi connectivity index (χ0n) is 12.5. The summed E-state index contributed by atoms with van der Waals surface area (Å²) in [6.45, 7) is 5.02. The molecule has 2 rings (SSSR count). The van der Waals surface area contributed by atoms with Gasteiger partial charge in [0, 0.05) is 18.7 Å². The molecule has 116 valence electrons. The van der Waals surface area contributed by atoms with Crippen molar-refractivity contribution in [2.45, 2.75) is 38.0 Å². The van der Waals surface area contributed by atoms with Crippen molar-refractivity contribution in [1.82, 2.24) is 4.31 Å². The Morgan fingerprint density at radius 3 is 2.57 bits per heavy atom. The third-order valence-electron chi connectivity index (χ3n) is 3.73. The minimum absolute atomic E-state index is 0.292. The molecule has 1 aliphatic rings. The van der Waals surface area contributed by atoms with E-state index in [1.165, 1.54) is 0 Å². The Morgan fingerprint density at radius 1 is 1.43 bits per heavy atom. The van der Waals surface area contributed by atoms with E-state index in [1.54, 1.807) is 22.5 Å². The van der Waals surface area contributed by atoms with Gasteiger partial charge in [-0.25, -0.2) is 8.42 Å². The highest BCUT2D eigenvalue weighted by atomic mass is 32.2. The predicted molar refractivity (Wildman–Crippen MR) is 88.8 cm³/mol. The van der Waals surface area contributed by atoms with Crippen LogP contribution in [0.25, 0.3) is 0 Å². The third-order valence-corrected chi connectivity index (χ3v) is 5.81. The van der Waals surface area contributed by atoms with Crippen molar-refractivity contribution < 1.29 is 8.42 Å². The lowest BCUT2D eigenvalue weighted by molar-refractivity contribution is 0.395. The Balaban J connectivity index is 2.32. The SMILES string of the molecule is CCCN(CC1CC1)S(=O)(=O)c1ccc(C(N)=S)c(C)c1. The van der Waals surface area contributed by atoms with E-state index < -0.39 is 10.0 Å². The van der Waals surface area contributed by atoms with E-state index in [-0.39, 0.29) is 0 Å². The topological polar surface area (TPSA) is 63.4 Å². The van der Waals surface area contributed by atoms with Crippen molar-refractivity contribution in [2.75, 3.05) is 13.1 Å². The van der Waals surface area contributed by atoms with E-state index in [0.29, 0.717) is 28.9 Å². The molecule has 0 heterocycles. The van der Waals surface area contributed by atoms with Gasteiger partial charge in [0.1, 0.15) is 4.99 Å². The Labute approximate surface area is 132 Å². The highest BCUT2D eigenvalue weighted by Crippen LogP contribution is 2.32. The summed E-state index contributed by atoms with van der Waals surface area (Å²) in [4.78, 5) is 0.619. The Bertz CT molecular complexity index is 637. The average Bonchev–Trinajstić information content (AvgIpc) is 3.21. The third kappa shape index (κ3) is 3.81. The second-order valence-electron chi connectivity index (χ2n) is 5.65. The monoisotopic (exact) mass is 326 g/mol. The number of nitrogens with zero attached hydrogens (tertiary/aromatic N) is 1. The first-order valence-corrected chi connectivity index (χ1v) is 9.11. The lowest BCUT2D eigenvalue weighted by Crippen LogP contribution is -2.33. The second-order valence-corrected chi connectivity index (χ2v) is 8.03. The maximum atomic E-state index is 12.8. The van der Waals surface area contributed by atoms with Crippen LogP contribution in [0.15, 0.2) is 23.1 Å². The normalized spacial score (nSPS) is 15.4. The molecule has 1 saturated carbocycles. The van der Waals surface area contributed by atoms with Crippen LogP contribution in [0.1, 0.15) is 37.3 Å². The molecule has 0 radical (unpaired) electrons. The van der Waals surface area contributed by atoms with Gasteiger partial charge in [0.2, 0.25) is 10.0 Å². The summed E-state index contributed by atoms with van der Waals surface area (Å²) in [5, 5.41) is 0. The molecule has 0 bridgehead atoms. The molecule has 0 atom stereocenters. The fourth-order valence-electron chi connectivity index (χ4n) is 2.37. The fourth-order valence-corrected chi connectivity index (χ4v) is 4.29. The molecule has 21 heavy (non-hydrogen) atoms. The molecule has 0 aromatic heterocycles. The van der Waals surface area contributed by atoms with Gasteiger partial charge in [0.15, 0.2) is 0 Å². The first kappa shape index (κ1) is 16.4. The van der Waals surface area contributed by atoms with Crippen LogP contribution >= 0.6 is 12.2 Å². The van der Waals surface area contributed by atoms with Crippen molar-refractivity contribution in [3.63, 3.8) is 0 Å². The second kappa shape index (κ2) is 6.42. The van der Waals surface area contributed by atoms with E-state index >= 15 is 0 Å². The number of sulfonamides is 1. The number of hydrogen-bond acceptors (Lipinski definition) is 3. The number of benzene rings is 1. The molecule has 0 spiro atoms. The Hall–Kier alpha value is -0.980. The van der Waals surface area contributed by atoms with Crippen molar-refractivity contribution in [3.8, 4) is 0 Å². The Morgan fingerprint density at radius 2 is 2.10 bits per heavy atom. The molecule has 4 nitrogen and oxygen atoms in total. The van der Waals surface area contributed by atoms with Crippen LogP contribution in [-0.2, 0) is 10.0 Å². The lowest BCUT2D eigenvalue weighted by atomic mass is 10.1. The zero-order valence-corrected chi connectivity index (χ0v) is 14.1. The number of nitrogens with two attached hydrogens (primary N) is 1. The van der Waals surface area contributed by atoms with Crippen LogP contribution in [0.2, 0.25) is 0 Å². The van der Waals surface area contributed by atoms with Crippen LogP contribution in [-0.4, -0.2) is 30.8 Å².